The quantitative estimate of drug-likeness (QED) is 0.948. The van der Waals surface area contributed by atoms with Crippen LogP contribution in [0.25, 0.3) is 0 Å². The summed E-state index contributed by atoms with van der Waals surface area (Å²) in [5, 5.41) is 2.54. The number of benzene rings is 2. The summed E-state index contributed by atoms with van der Waals surface area (Å²) in [6.07, 6.45) is 1.08. The van der Waals surface area contributed by atoms with Crippen molar-refractivity contribution in [1.29, 1.82) is 0 Å². The van der Waals surface area contributed by atoms with Crippen molar-refractivity contribution in [2.45, 2.75) is 11.8 Å². The molecule has 0 bridgehead atoms. The van der Waals surface area contributed by atoms with Gasteiger partial charge in [0.1, 0.15) is 5.82 Å². The third kappa shape index (κ3) is 3.66. The smallest absolute Gasteiger partial charge is 0.255 e. The van der Waals surface area contributed by atoms with Gasteiger partial charge >= 0.3 is 0 Å². The van der Waals surface area contributed by atoms with Gasteiger partial charge in [0.2, 0.25) is 0 Å². The Bertz CT molecular complexity index is 800. The van der Waals surface area contributed by atoms with E-state index in [1.54, 1.807) is 19.1 Å². The average molecular weight is 307 g/mol. The molecule has 110 valence electrons. The molecule has 1 N–H and O–H groups in total. The maximum atomic E-state index is 13.1. The molecular weight excluding hydrogens is 293 g/mol. The summed E-state index contributed by atoms with van der Waals surface area (Å²) >= 11 is 0. The normalized spacial score (nSPS) is 11.2. The second kappa shape index (κ2) is 5.65. The molecule has 0 radical (unpaired) electrons. The van der Waals surface area contributed by atoms with Crippen molar-refractivity contribution >= 4 is 21.4 Å². The van der Waals surface area contributed by atoms with Crippen molar-refractivity contribution in [2.24, 2.45) is 0 Å². The molecule has 0 aromatic heterocycles. The van der Waals surface area contributed by atoms with Crippen LogP contribution < -0.4 is 5.32 Å². The molecule has 0 heterocycles. The van der Waals surface area contributed by atoms with Gasteiger partial charge in [0.25, 0.3) is 5.91 Å². The zero-order chi connectivity index (χ0) is 15.6. The topological polar surface area (TPSA) is 63.2 Å². The van der Waals surface area contributed by atoms with Crippen LogP contribution in [0.1, 0.15) is 15.9 Å². The van der Waals surface area contributed by atoms with Crippen molar-refractivity contribution in [1.82, 2.24) is 0 Å². The second-order valence-electron chi connectivity index (χ2n) is 4.71. The van der Waals surface area contributed by atoms with E-state index in [1.807, 2.05) is 0 Å². The van der Waals surface area contributed by atoms with E-state index < -0.39 is 21.6 Å². The molecule has 0 saturated carbocycles. The molecule has 2 rings (SSSR count). The summed E-state index contributed by atoms with van der Waals surface area (Å²) in [5.74, 6) is -0.946. The molecule has 21 heavy (non-hydrogen) atoms. The molecule has 0 unspecified atom stereocenters. The summed E-state index contributed by atoms with van der Waals surface area (Å²) < 4.78 is 36.2. The van der Waals surface area contributed by atoms with Crippen molar-refractivity contribution in [3.63, 3.8) is 0 Å². The van der Waals surface area contributed by atoms with Gasteiger partial charge in [-0.05, 0) is 42.8 Å². The van der Waals surface area contributed by atoms with Gasteiger partial charge in [-0.25, -0.2) is 12.8 Å². The second-order valence-corrected chi connectivity index (χ2v) is 6.73. The summed E-state index contributed by atoms with van der Waals surface area (Å²) in [7, 11) is -3.40. The van der Waals surface area contributed by atoms with Gasteiger partial charge in [-0.2, -0.15) is 0 Å². The fourth-order valence-corrected chi connectivity index (χ4v) is 2.49. The van der Waals surface area contributed by atoms with Crippen LogP contribution in [0.3, 0.4) is 0 Å². The molecule has 0 atom stereocenters. The van der Waals surface area contributed by atoms with Crippen molar-refractivity contribution in [3.05, 3.63) is 59.4 Å². The Morgan fingerprint density at radius 3 is 2.48 bits per heavy atom. The molecule has 4 nitrogen and oxygen atoms in total. The zero-order valence-electron chi connectivity index (χ0n) is 11.6. The largest absolute Gasteiger partial charge is 0.322 e. The van der Waals surface area contributed by atoms with Crippen LogP contribution in [0.5, 0.6) is 0 Å². The van der Waals surface area contributed by atoms with E-state index in [1.165, 1.54) is 30.3 Å². The highest BCUT2D eigenvalue weighted by molar-refractivity contribution is 7.90. The van der Waals surface area contributed by atoms with E-state index in [0.29, 0.717) is 11.3 Å². The first-order valence-electron chi connectivity index (χ1n) is 6.15. The minimum atomic E-state index is -3.40. The maximum Gasteiger partial charge on any atom is 0.255 e. The standard InChI is InChI=1S/C15H14FNO3S/c1-10-6-7-13(21(2,19)20)9-14(10)15(18)17-12-5-3-4-11(16)8-12/h3-9H,1-2H3,(H,17,18). The van der Waals surface area contributed by atoms with Gasteiger partial charge in [0, 0.05) is 17.5 Å². The van der Waals surface area contributed by atoms with Crippen LogP contribution in [-0.4, -0.2) is 20.6 Å². The predicted octanol–water partition coefficient (Wildman–Crippen LogP) is 2.79. The van der Waals surface area contributed by atoms with Crippen LogP contribution in [0.15, 0.2) is 47.4 Å². The fourth-order valence-electron chi connectivity index (χ4n) is 1.84. The lowest BCUT2D eigenvalue weighted by molar-refractivity contribution is 0.102. The number of hydrogen-bond acceptors (Lipinski definition) is 3. The van der Waals surface area contributed by atoms with Gasteiger partial charge in [0.05, 0.1) is 4.90 Å². The number of rotatable bonds is 3. The minimum absolute atomic E-state index is 0.0671. The first-order valence-corrected chi connectivity index (χ1v) is 8.04. The van der Waals surface area contributed by atoms with E-state index in [4.69, 9.17) is 0 Å². The molecule has 0 aliphatic carbocycles. The van der Waals surface area contributed by atoms with Crippen LogP contribution in [0.2, 0.25) is 0 Å². The Labute approximate surface area is 122 Å². The number of hydrogen-bond donors (Lipinski definition) is 1. The number of carbonyl (C=O) groups is 1. The third-order valence-corrected chi connectivity index (χ3v) is 4.07. The zero-order valence-corrected chi connectivity index (χ0v) is 12.4. The van der Waals surface area contributed by atoms with Crippen LogP contribution >= 0.6 is 0 Å². The van der Waals surface area contributed by atoms with E-state index in [2.05, 4.69) is 5.32 Å². The van der Waals surface area contributed by atoms with Gasteiger partial charge in [0.15, 0.2) is 9.84 Å². The lowest BCUT2D eigenvalue weighted by Gasteiger charge is -2.09. The molecule has 0 saturated heterocycles. The Balaban J connectivity index is 2.35. The molecule has 6 heteroatoms. The molecule has 0 aliphatic heterocycles. The highest BCUT2D eigenvalue weighted by Gasteiger charge is 2.14. The summed E-state index contributed by atoms with van der Waals surface area (Å²) in [6.45, 7) is 1.70. The molecule has 2 aromatic rings. The van der Waals surface area contributed by atoms with Crippen LogP contribution in [0.4, 0.5) is 10.1 Å². The number of anilines is 1. The summed E-state index contributed by atoms with van der Waals surface area (Å²) in [4.78, 5) is 12.3. The van der Waals surface area contributed by atoms with Crippen molar-refractivity contribution in [2.75, 3.05) is 11.6 Å². The minimum Gasteiger partial charge on any atom is -0.322 e. The monoisotopic (exact) mass is 307 g/mol. The van der Waals surface area contributed by atoms with Gasteiger partial charge in [-0.1, -0.05) is 12.1 Å². The first-order chi connectivity index (χ1) is 9.77. The number of carbonyl (C=O) groups excluding carboxylic acids is 1. The molecule has 2 aromatic carbocycles. The Morgan fingerprint density at radius 1 is 1.14 bits per heavy atom. The maximum absolute atomic E-state index is 13.1. The molecular formula is C15H14FNO3S. The third-order valence-electron chi connectivity index (χ3n) is 2.96. The first kappa shape index (κ1) is 15.2. The van der Waals surface area contributed by atoms with E-state index in [0.717, 1.165) is 6.26 Å². The lowest BCUT2D eigenvalue weighted by Crippen LogP contribution is -2.14. The highest BCUT2D eigenvalue weighted by atomic mass is 32.2. The molecule has 0 fully saturated rings. The van der Waals surface area contributed by atoms with Gasteiger partial charge in [-0.3, -0.25) is 4.79 Å². The van der Waals surface area contributed by atoms with Crippen molar-refractivity contribution < 1.29 is 17.6 Å². The molecule has 0 spiro atoms. The Hall–Kier alpha value is -2.21. The van der Waals surface area contributed by atoms with Crippen molar-refractivity contribution in [3.8, 4) is 0 Å². The van der Waals surface area contributed by atoms with Gasteiger partial charge < -0.3 is 5.32 Å². The lowest BCUT2D eigenvalue weighted by atomic mass is 10.1. The van der Waals surface area contributed by atoms with Crippen LogP contribution in [0, 0.1) is 12.7 Å². The number of aryl methyl sites for hydroxylation is 1. The van der Waals surface area contributed by atoms with E-state index in [-0.39, 0.29) is 10.5 Å². The number of amides is 1. The number of nitrogens with one attached hydrogen (secondary N) is 1. The Kier molecular flexibility index (Phi) is 4.09. The predicted molar refractivity (Wildman–Crippen MR) is 78.6 cm³/mol. The summed E-state index contributed by atoms with van der Waals surface area (Å²) in [5.41, 5.74) is 1.18. The van der Waals surface area contributed by atoms with Crippen LogP contribution in [-0.2, 0) is 9.84 Å². The number of halogens is 1. The fraction of sp³-hybridized carbons (Fsp3) is 0.133. The highest BCUT2D eigenvalue weighted by Crippen LogP contribution is 2.18. The Morgan fingerprint density at radius 2 is 1.86 bits per heavy atom. The molecule has 0 aliphatic rings. The molecule has 1 amide bonds. The number of sulfone groups is 1. The summed E-state index contributed by atoms with van der Waals surface area (Å²) in [6, 6.07) is 9.82. The average Bonchev–Trinajstić information content (AvgIpc) is 2.37. The van der Waals surface area contributed by atoms with E-state index in [9.17, 15) is 17.6 Å². The SMILES string of the molecule is Cc1ccc(S(C)(=O)=O)cc1C(=O)Nc1cccc(F)c1. The van der Waals surface area contributed by atoms with E-state index >= 15 is 0 Å². The van der Waals surface area contributed by atoms with Gasteiger partial charge in [-0.15, -0.1) is 0 Å².